The fourth-order valence-electron chi connectivity index (χ4n) is 1.23. The molecule has 7 heteroatoms. The molecule has 0 aliphatic rings. The number of benzene rings is 1. The van der Waals surface area contributed by atoms with Crippen molar-refractivity contribution in [2.24, 2.45) is 0 Å². The van der Waals surface area contributed by atoms with E-state index in [2.05, 4.69) is 26.0 Å². The highest BCUT2D eigenvalue weighted by molar-refractivity contribution is 9.10. The van der Waals surface area contributed by atoms with Crippen LogP contribution in [0.25, 0.3) is 0 Å². The van der Waals surface area contributed by atoms with Crippen molar-refractivity contribution in [3.63, 3.8) is 0 Å². The van der Waals surface area contributed by atoms with Crippen LogP contribution < -0.4 is 10.0 Å². The molecule has 1 aromatic rings. The minimum Gasteiger partial charge on any atom is -0.320 e. The zero-order chi connectivity index (χ0) is 12.9. The highest BCUT2D eigenvalue weighted by Gasteiger charge is 2.12. The van der Waals surface area contributed by atoms with Gasteiger partial charge in [0.05, 0.1) is 11.4 Å². The smallest absolute Gasteiger partial charge is 0.232 e. The summed E-state index contributed by atoms with van der Waals surface area (Å²) in [6, 6.07) is 4.18. The van der Waals surface area contributed by atoms with Crippen LogP contribution in [0.3, 0.4) is 0 Å². The lowest BCUT2D eigenvalue weighted by molar-refractivity contribution is 0.594. The molecular formula is C10H14BrFN2O2S. The van der Waals surface area contributed by atoms with Gasteiger partial charge < -0.3 is 5.32 Å². The average molecular weight is 325 g/mol. The van der Waals surface area contributed by atoms with E-state index in [0.29, 0.717) is 17.4 Å². The topological polar surface area (TPSA) is 58.2 Å². The van der Waals surface area contributed by atoms with Crippen LogP contribution in [0, 0.1) is 5.82 Å². The van der Waals surface area contributed by atoms with E-state index in [1.807, 2.05) is 0 Å². The molecule has 17 heavy (non-hydrogen) atoms. The van der Waals surface area contributed by atoms with Gasteiger partial charge in [-0.2, -0.15) is 0 Å². The molecule has 0 amide bonds. The van der Waals surface area contributed by atoms with E-state index in [0.717, 1.165) is 0 Å². The van der Waals surface area contributed by atoms with Crippen LogP contribution in [0.5, 0.6) is 0 Å². The maximum Gasteiger partial charge on any atom is 0.232 e. The summed E-state index contributed by atoms with van der Waals surface area (Å²) in [6.07, 6.45) is 0.476. The van der Waals surface area contributed by atoms with Gasteiger partial charge in [0, 0.05) is 4.47 Å². The molecule has 0 atom stereocenters. The van der Waals surface area contributed by atoms with Gasteiger partial charge in [0.2, 0.25) is 10.0 Å². The second-order valence-corrected chi connectivity index (χ2v) is 6.26. The first-order valence-corrected chi connectivity index (χ1v) is 7.49. The van der Waals surface area contributed by atoms with Gasteiger partial charge in [-0.25, -0.2) is 12.8 Å². The Kier molecular flexibility index (Phi) is 5.35. The van der Waals surface area contributed by atoms with E-state index in [1.54, 1.807) is 13.1 Å². The number of hydrogen-bond acceptors (Lipinski definition) is 3. The first-order valence-electron chi connectivity index (χ1n) is 5.05. The molecule has 0 fully saturated rings. The van der Waals surface area contributed by atoms with Crippen molar-refractivity contribution in [2.75, 3.05) is 24.1 Å². The number of rotatable bonds is 6. The predicted molar refractivity (Wildman–Crippen MR) is 70.1 cm³/mol. The van der Waals surface area contributed by atoms with Gasteiger partial charge in [-0.05, 0) is 38.2 Å². The van der Waals surface area contributed by atoms with Crippen LogP contribution in [0.1, 0.15) is 6.42 Å². The Bertz CT molecular complexity index is 479. The van der Waals surface area contributed by atoms with E-state index >= 15 is 0 Å². The standard InChI is InChI=1S/C10H14BrFN2O2S/c1-13-5-2-6-17(15,16)14-10-4-3-8(11)7-9(10)12/h3-4,7,13-14H,2,5-6H2,1H3. The molecule has 0 aromatic heterocycles. The van der Waals surface area contributed by atoms with Crippen molar-refractivity contribution in [2.45, 2.75) is 6.42 Å². The Morgan fingerprint density at radius 1 is 1.41 bits per heavy atom. The maximum absolute atomic E-state index is 13.4. The van der Waals surface area contributed by atoms with Gasteiger partial charge in [0.25, 0.3) is 0 Å². The van der Waals surface area contributed by atoms with Gasteiger partial charge in [-0.3, -0.25) is 4.72 Å². The largest absolute Gasteiger partial charge is 0.320 e. The first-order chi connectivity index (χ1) is 7.94. The number of nitrogens with one attached hydrogen (secondary N) is 2. The lowest BCUT2D eigenvalue weighted by Crippen LogP contribution is -2.20. The second-order valence-electron chi connectivity index (χ2n) is 3.50. The van der Waals surface area contributed by atoms with Crippen molar-refractivity contribution < 1.29 is 12.8 Å². The SMILES string of the molecule is CNCCCS(=O)(=O)Nc1ccc(Br)cc1F. The zero-order valence-electron chi connectivity index (χ0n) is 9.33. The monoisotopic (exact) mass is 324 g/mol. The lowest BCUT2D eigenvalue weighted by atomic mass is 10.3. The van der Waals surface area contributed by atoms with Crippen LogP contribution in [-0.2, 0) is 10.0 Å². The molecule has 0 unspecified atom stereocenters. The van der Waals surface area contributed by atoms with E-state index in [9.17, 15) is 12.8 Å². The second kappa shape index (κ2) is 6.32. The normalized spacial score (nSPS) is 11.5. The van der Waals surface area contributed by atoms with E-state index in [4.69, 9.17) is 0 Å². The van der Waals surface area contributed by atoms with Crippen LogP contribution in [0.15, 0.2) is 22.7 Å². The van der Waals surface area contributed by atoms with Crippen LogP contribution in [0.4, 0.5) is 10.1 Å². The third-order valence-corrected chi connectivity index (χ3v) is 3.89. The summed E-state index contributed by atoms with van der Waals surface area (Å²) < 4.78 is 39.4. The average Bonchev–Trinajstić information content (AvgIpc) is 2.22. The van der Waals surface area contributed by atoms with Crippen LogP contribution in [-0.4, -0.2) is 27.8 Å². The summed E-state index contributed by atoms with van der Waals surface area (Å²) in [5, 5.41) is 2.85. The van der Waals surface area contributed by atoms with Crippen molar-refractivity contribution in [1.29, 1.82) is 0 Å². The number of hydrogen-bond donors (Lipinski definition) is 2. The van der Waals surface area contributed by atoms with Gasteiger partial charge in [-0.1, -0.05) is 15.9 Å². The summed E-state index contributed by atoms with van der Waals surface area (Å²) in [5.41, 5.74) is -0.0299. The Morgan fingerprint density at radius 2 is 2.12 bits per heavy atom. The first kappa shape index (κ1) is 14.4. The molecule has 4 nitrogen and oxygen atoms in total. The molecule has 0 saturated heterocycles. The molecule has 0 bridgehead atoms. The molecule has 1 rings (SSSR count). The molecule has 0 aliphatic heterocycles. The van der Waals surface area contributed by atoms with E-state index < -0.39 is 15.8 Å². The summed E-state index contributed by atoms with van der Waals surface area (Å²) in [6.45, 7) is 0.601. The summed E-state index contributed by atoms with van der Waals surface area (Å²) in [5.74, 6) is -0.639. The highest BCUT2D eigenvalue weighted by atomic mass is 79.9. The minimum atomic E-state index is -3.49. The maximum atomic E-state index is 13.4. The van der Waals surface area contributed by atoms with Crippen LogP contribution in [0.2, 0.25) is 0 Å². The van der Waals surface area contributed by atoms with Crippen molar-refractivity contribution in [3.8, 4) is 0 Å². The molecule has 2 N–H and O–H groups in total. The van der Waals surface area contributed by atoms with Gasteiger partial charge >= 0.3 is 0 Å². The molecule has 96 valence electrons. The lowest BCUT2D eigenvalue weighted by Gasteiger charge is -2.08. The van der Waals surface area contributed by atoms with Gasteiger partial charge in [-0.15, -0.1) is 0 Å². The third-order valence-electron chi connectivity index (χ3n) is 2.04. The minimum absolute atomic E-state index is 0.0299. The third kappa shape index (κ3) is 5.01. The number of sulfonamides is 1. The number of halogens is 2. The Hall–Kier alpha value is -0.660. The van der Waals surface area contributed by atoms with Gasteiger partial charge in [0.1, 0.15) is 5.82 Å². The van der Waals surface area contributed by atoms with E-state index in [1.165, 1.54) is 12.1 Å². The van der Waals surface area contributed by atoms with Crippen molar-refractivity contribution in [1.82, 2.24) is 5.32 Å². The summed E-state index contributed by atoms with van der Waals surface area (Å²) in [4.78, 5) is 0. The summed E-state index contributed by atoms with van der Waals surface area (Å²) in [7, 11) is -1.74. The Balaban J connectivity index is 2.69. The molecule has 1 aromatic carbocycles. The quantitative estimate of drug-likeness (QED) is 0.786. The highest BCUT2D eigenvalue weighted by Crippen LogP contribution is 2.20. The summed E-state index contributed by atoms with van der Waals surface area (Å²) >= 11 is 3.10. The van der Waals surface area contributed by atoms with Gasteiger partial charge in [0.15, 0.2) is 0 Å². The molecule has 0 radical (unpaired) electrons. The Labute approximate surface area is 109 Å². The van der Waals surface area contributed by atoms with E-state index in [-0.39, 0.29) is 11.4 Å². The van der Waals surface area contributed by atoms with Crippen LogP contribution >= 0.6 is 15.9 Å². The molecular weight excluding hydrogens is 311 g/mol. The van der Waals surface area contributed by atoms with Crippen molar-refractivity contribution >= 4 is 31.6 Å². The molecule has 0 saturated carbocycles. The fourth-order valence-corrected chi connectivity index (χ4v) is 2.69. The Morgan fingerprint density at radius 3 is 2.71 bits per heavy atom. The van der Waals surface area contributed by atoms with Crippen molar-refractivity contribution in [3.05, 3.63) is 28.5 Å². The zero-order valence-corrected chi connectivity index (χ0v) is 11.7. The molecule has 0 heterocycles. The fraction of sp³-hybridized carbons (Fsp3) is 0.400. The molecule has 0 spiro atoms. The predicted octanol–water partition coefficient (Wildman–Crippen LogP) is 1.94. The number of anilines is 1. The molecule has 0 aliphatic carbocycles.